The Bertz CT molecular complexity index is 148. The van der Waals surface area contributed by atoms with Crippen LogP contribution in [0.5, 0.6) is 0 Å². The SMILES string of the molecule is CC(C)CC(Br)=C(N)C(C)C. The number of hydrogen-bond acceptors (Lipinski definition) is 1. The fourth-order valence-corrected chi connectivity index (χ4v) is 1.89. The summed E-state index contributed by atoms with van der Waals surface area (Å²) in [6, 6.07) is 0. The zero-order chi connectivity index (χ0) is 9.02. The van der Waals surface area contributed by atoms with Gasteiger partial charge in [0.1, 0.15) is 0 Å². The summed E-state index contributed by atoms with van der Waals surface area (Å²) < 4.78 is 1.17. The second-order valence-corrected chi connectivity index (χ2v) is 4.57. The molecule has 0 bridgehead atoms. The normalized spacial score (nSPS) is 14.1. The van der Waals surface area contributed by atoms with Crippen molar-refractivity contribution in [1.82, 2.24) is 0 Å². The molecule has 0 aromatic heterocycles. The molecule has 0 spiro atoms. The van der Waals surface area contributed by atoms with E-state index in [1.54, 1.807) is 0 Å². The summed E-state index contributed by atoms with van der Waals surface area (Å²) in [5, 5.41) is 0. The van der Waals surface area contributed by atoms with Crippen LogP contribution in [0.15, 0.2) is 10.2 Å². The Balaban J connectivity index is 4.16. The molecule has 0 rings (SSSR count). The van der Waals surface area contributed by atoms with Crippen molar-refractivity contribution in [3.8, 4) is 0 Å². The molecule has 1 nitrogen and oxygen atoms in total. The van der Waals surface area contributed by atoms with Gasteiger partial charge in [-0.05, 0) is 18.3 Å². The van der Waals surface area contributed by atoms with E-state index in [0.29, 0.717) is 11.8 Å². The minimum absolute atomic E-state index is 0.447. The van der Waals surface area contributed by atoms with Crippen molar-refractivity contribution in [3.63, 3.8) is 0 Å². The molecule has 0 radical (unpaired) electrons. The van der Waals surface area contributed by atoms with E-state index >= 15 is 0 Å². The molecular weight excluding hydrogens is 202 g/mol. The van der Waals surface area contributed by atoms with Gasteiger partial charge in [-0.3, -0.25) is 0 Å². The standard InChI is InChI=1S/C9H18BrN/c1-6(2)5-8(10)9(11)7(3)4/h6-7H,5,11H2,1-4H3. The Morgan fingerprint density at radius 3 is 2.00 bits per heavy atom. The summed E-state index contributed by atoms with van der Waals surface area (Å²) in [6.45, 7) is 8.59. The van der Waals surface area contributed by atoms with Gasteiger partial charge in [0, 0.05) is 10.2 Å². The molecule has 66 valence electrons. The van der Waals surface area contributed by atoms with Crippen LogP contribution in [0.25, 0.3) is 0 Å². The van der Waals surface area contributed by atoms with Gasteiger partial charge in [0.2, 0.25) is 0 Å². The molecule has 0 saturated heterocycles. The molecule has 0 aliphatic rings. The summed E-state index contributed by atoms with van der Waals surface area (Å²) >= 11 is 3.50. The van der Waals surface area contributed by atoms with E-state index in [1.807, 2.05) is 0 Å². The fraction of sp³-hybridized carbons (Fsp3) is 0.778. The Morgan fingerprint density at radius 1 is 1.27 bits per heavy atom. The third kappa shape index (κ3) is 4.46. The van der Waals surface area contributed by atoms with Crippen LogP contribution in [0, 0.1) is 11.8 Å². The molecule has 0 fully saturated rings. The van der Waals surface area contributed by atoms with Crippen molar-refractivity contribution in [3.05, 3.63) is 10.2 Å². The molecule has 0 aliphatic carbocycles. The number of nitrogens with two attached hydrogens (primary N) is 1. The third-order valence-electron chi connectivity index (χ3n) is 1.52. The van der Waals surface area contributed by atoms with Crippen molar-refractivity contribution < 1.29 is 0 Å². The minimum atomic E-state index is 0.447. The highest BCUT2D eigenvalue weighted by Crippen LogP contribution is 2.22. The van der Waals surface area contributed by atoms with E-state index in [9.17, 15) is 0 Å². The smallest absolute Gasteiger partial charge is 0.0209 e. The molecule has 2 N–H and O–H groups in total. The van der Waals surface area contributed by atoms with E-state index in [1.165, 1.54) is 4.48 Å². The predicted molar refractivity (Wildman–Crippen MR) is 54.4 cm³/mol. The Labute approximate surface area is 78.2 Å². The molecule has 0 aliphatic heterocycles. The quantitative estimate of drug-likeness (QED) is 0.776. The van der Waals surface area contributed by atoms with Crippen LogP contribution in [0.2, 0.25) is 0 Å². The fourth-order valence-electron chi connectivity index (χ4n) is 0.790. The summed E-state index contributed by atoms with van der Waals surface area (Å²) in [5.41, 5.74) is 6.83. The van der Waals surface area contributed by atoms with Crippen LogP contribution < -0.4 is 5.73 Å². The molecule has 0 atom stereocenters. The lowest BCUT2D eigenvalue weighted by atomic mass is 10.1. The molecule has 2 heteroatoms. The Hall–Kier alpha value is 0.0200. The molecule has 0 amide bonds. The van der Waals surface area contributed by atoms with Crippen molar-refractivity contribution >= 4 is 15.9 Å². The maximum absolute atomic E-state index is 5.84. The first-order valence-electron chi connectivity index (χ1n) is 4.09. The topological polar surface area (TPSA) is 26.0 Å². The van der Waals surface area contributed by atoms with Crippen LogP contribution in [-0.2, 0) is 0 Å². The molecular formula is C9H18BrN. The van der Waals surface area contributed by atoms with E-state index in [0.717, 1.165) is 12.1 Å². The average Bonchev–Trinajstić information content (AvgIpc) is 1.84. The van der Waals surface area contributed by atoms with Crippen molar-refractivity contribution in [2.75, 3.05) is 0 Å². The van der Waals surface area contributed by atoms with Gasteiger partial charge in [-0.2, -0.15) is 0 Å². The Kier molecular flexibility index (Phi) is 4.82. The first-order valence-corrected chi connectivity index (χ1v) is 4.88. The molecule has 0 aromatic carbocycles. The average molecular weight is 220 g/mol. The molecule has 0 saturated carbocycles. The van der Waals surface area contributed by atoms with Crippen LogP contribution in [0.4, 0.5) is 0 Å². The lowest BCUT2D eigenvalue weighted by Gasteiger charge is -2.10. The van der Waals surface area contributed by atoms with Crippen molar-refractivity contribution in [1.29, 1.82) is 0 Å². The zero-order valence-corrected chi connectivity index (χ0v) is 9.40. The van der Waals surface area contributed by atoms with E-state index in [2.05, 4.69) is 43.6 Å². The predicted octanol–water partition coefficient (Wildman–Crippen LogP) is 3.25. The van der Waals surface area contributed by atoms with Gasteiger partial charge in [0.25, 0.3) is 0 Å². The van der Waals surface area contributed by atoms with Gasteiger partial charge in [-0.1, -0.05) is 43.6 Å². The van der Waals surface area contributed by atoms with Gasteiger partial charge >= 0.3 is 0 Å². The van der Waals surface area contributed by atoms with Gasteiger partial charge in [-0.15, -0.1) is 0 Å². The van der Waals surface area contributed by atoms with E-state index < -0.39 is 0 Å². The van der Waals surface area contributed by atoms with Gasteiger partial charge < -0.3 is 5.73 Å². The van der Waals surface area contributed by atoms with Crippen LogP contribution >= 0.6 is 15.9 Å². The first kappa shape index (κ1) is 11.0. The third-order valence-corrected chi connectivity index (χ3v) is 2.30. The maximum Gasteiger partial charge on any atom is 0.0209 e. The maximum atomic E-state index is 5.84. The van der Waals surface area contributed by atoms with E-state index in [4.69, 9.17) is 5.73 Å². The van der Waals surface area contributed by atoms with Crippen LogP contribution in [0.3, 0.4) is 0 Å². The summed E-state index contributed by atoms with van der Waals surface area (Å²) in [4.78, 5) is 0. The number of hydrogen-bond donors (Lipinski definition) is 1. The number of rotatable bonds is 3. The molecule has 0 unspecified atom stereocenters. The van der Waals surface area contributed by atoms with Gasteiger partial charge in [-0.25, -0.2) is 0 Å². The second-order valence-electron chi connectivity index (χ2n) is 3.61. The van der Waals surface area contributed by atoms with E-state index in [-0.39, 0.29) is 0 Å². The summed E-state index contributed by atoms with van der Waals surface area (Å²) in [7, 11) is 0. The lowest BCUT2D eigenvalue weighted by Crippen LogP contribution is -2.07. The van der Waals surface area contributed by atoms with Crippen molar-refractivity contribution in [2.45, 2.75) is 34.1 Å². The molecule has 11 heavy (non-hydrogen) atoms. The Morgan fingerprint density at radius 2 is 1.73 bits per heavy atom. The summed E-state index contributed by atoms with van der Waals surface area (Å²) in [6.07, 6.45) is 1.05. The summed E-state index contributed by atoms with van der Waals surface area (Å²) in [5.74, 6) is 1.12. The molecule has 0 heterocycles. The first-order chi connectivity index (χ1) is 4.95. The van der Waals surface area contributed by atoms with Crippen LogP contribution in [0.1, 0.15) is 34.1 Å². The van der Waals surface area contributed by atoms with Gasteiger partial charge in [0.15, 0.2) is 0 Å². The van der Waals surface area contributed by atoms with Gasteiger partial charge in [0.05, 0.1) is 0 Å². The second kappa shape index (κ2) is 4.81. The van der Waals surface area contributed by atoms with Crippen molar-refractivity contribution in [2.24, 2.45) is 17.6 Å². The number of halogens is 1. The molecule has 0 aromatic rings. The number of allylic oxidation sites excluding steroid dienone is 2. The highest BCUT2D eigenvalue weighted by Gasteiger charge is 2.05. The zero-order valence-electron chi connectivity index (χ0n) is 7.82. The lowest BCUT2D eigenvalue weighted by molar-refractivity contribution is 0.644. The minimum Gasteiger partial charge on any atom is -0.401 e. The highest BCUT2D eigenvalue weighted by atomic mass is 79.9. The monoisotopic (exact) mass is 219 g/mol. The largest absolute Gasteiger partial charge is 0.401 e. The van der Waals surface area contributed by atoms with Crippen LogP contribution in [-0.4, -0.2) is 0 Å². The highest BCUT2D eigenvalue weighted by molar-refractivity contribution is 9.11.